The van der Waals surface area contributed by atoms with E-state index in [4.69, 9.17) is 0 Å². The summed E-state index contributed by atoms with van der Waals surface area (Å²) in [6.45, 7) is 2.87. The maximum absolute atomic E-state index is 12.2. The molecule has 2 aromatic heterocycles. The Morgan fingerprint density at radius 3 is 2.75 bits per heavy atom. The molecular formula is C18H19N3O2S. The summed E-state index contributed by atoms with van der Waals surface area (Å²) in [6.07, 6.45) is 1.31. The van der Waals surface area contributed by atoms with Crippen LogP contribution < -0.4 is 5.32 Å². The number of carbonyl (C=O) groups is 2. The third kappa shape index (κ3) is 3.54. The lowest BCUT2D eigenvalue weighted by molar-refractivity contribution is -0.116. The maximum Gasteiger partial charge on any atom is 0.227 e. The molecule has 124 valence electrons. The third-order valence-corrected chi connectivity index (χ3v) is 4.64. The van der Waals surface area contributed by atoms with E-state index in [0.717, 1.165) is 24.0 Å². The lowest BCUT2D eigenvalue weighted by Gasteiger charge is -2.08. The highest BCUT2D eigenvalue weighted by Crippen LogP contribution is 2.20. The summed E-state index contributed by atoms with van der Waals surface area (Å²) in [5.74, 6) is 0.362. The minimum absolute atomic E-state index is 0.00205. The summed E-state index contributed by atoms with van der Waals surface area (Å²) in [7, 11) is 0. The van der Waals surface area contributed by atoms with Crippen LogP contribution >= 0.6 is 11.3 Å². The molecule has 1 amide bonds. The van der Waals surface area contributed by atoms with Crippen molar-refractivity contribution in [2.75, 3.05) is 5.32 Å². The van der Waals surface area contributed by atoms with Crippen LogP contribution in [0.15, 0.2) is 41.8 Å². The summed E-state index contributed by atoms with van der Waals surface area (Å²) in [5, 5.41) is 4.71. The number of carbonyl (C=O) groups excluding carboxylic acids is 2. The molecule has 0 aliphatic heterocycles. The number of para-hydroxylation sites is 2. The number of ketones is 1. The topological polar surface area (TPSA) is 64.0 Å². The van der Waals surface area contributed by atoms with Gasteiger partial charge < -0.3 is 4.57 Å². The number of Topliss-reactive ketones (excluding diaryl/α,β-unsaturated/α-hetero) is 1. The fourth-order valence-corrected chi connectivity index (χ4v) is 3.29. The van der Waals surface area contributed by atoms with Crippen molar-refractivity contribution in [3.8, 4) is 0 Å². The van der Waals surface area contributed by atoms with Gasteiger partial charge in [-0.15, -0.1) is 11.3 Å². The first-order valence-corrected chi connectivity index (χ1v) is 8.89. The molecule has 2 heterocycles. The van der Waals surface area contributed by atoms with Crippen LogP contribution in [-0.4, -0.2) is 21.2 Å². The number of rotatable bonds is 7. The molecule has 24 heavy (non-hydrogen) atoms. The van der Waals surface area contributed by atoms with Crippen molar-refractivity contribution in [2.24, 2.45) is 0 Å². The molecule has 0 radical (unpaired) electrons. The summed E-state index contributed by atoms with van der Waals surface area (Å²) in [6, 6.07) is 11.4. The van der Waals surface area contributed by atoms with Gasteiger partial charge in [-0.3, -0.25) is 14.9 Å². The van der Waals surface area contributed by atoms with Crippen LogP contribution in [-0.2, 0) is 11.3 Å². The van der Waals surface area contributed by atoms with Gasteiger partial charge >= 0.3 is 0 Å². The minimum Gasteiger partial charge on any atom is -0.310 e. The van der Waals surface area contributed by atoms with Crippen molar-refractivity contribution in [1.82, 2.24) is 9.55 Å². The molecule has 1 aromatic carbocycles. The molecule has 0 saturated heterocycles. The Hall–Kier alpha value is -2.47. The SMILES string of the molecule is CCCn1c(NC(=O)CCC(=O)c2cccs2)nc2ccccc21. The second-order valence-electron chi connectivity index (χ2n) is 5.52. The molecule has 5 nitrogen and oxygen atoms in total. The van der Waals surface area contributed by atoms with Crippen LogP contribution in [0.5, 0.6) is 0 Å². The number of aryl methyl sites for hydroxylation is 1. The Balaban J connectivity index is 1.69. The van der Waals surface area contributed by atoms with Crippen molar-refractivity contribution in [1.29, 1.82) is 0 Å². The number of amides is 1. The Kier molecular flexibility index (Phi) is 5.05. The van der Waals surface area contributed by atoms with Crippen molar-refractivity contribution in [2.45, 2.75) is 32.7 Å². The van der Waals surface area contributed by atoms with Gasteiger partial charge in [-0.05, 0) is 30.0 Å². The zero-order chi connectivity index (χ0) is 16.9. The van der Waals surface area contributed by atoms with Gasteiger partial charge in [0.15, 0.2) is 5.78 Å². The highest BCUT2D eigenvalue weighted by atomic mass is 32.1. The summed E-state index contributed by atoms with van der Waals surface area (Å²) in [5.41, 5.74) is 1.86. The summed E-state index contributed by atoms with van der Waals surface area (Å²) in [4.78, 5) is 29.4. The first-order chi connectivity index (χ1) is 11.7. The predicted octanol–water partition coefficient (Wildman–Crippen LogP) is 4.11. The van der Waals surface area contributed by atoms with Crippen molar-refractivity contribution in [3.63, 3.8) is 0 Å². The van der Waals surface area contributed by atoms with Crippen LogP contribution in [0.3, 0.4) is 0 Å². The van der Waals surface area contributed by atoms with Gasteiger partial charge in [-0.2, -0.15) is 0 Å². The quantitative estimate of drug-likeness (QED) is 0.658. The third-order valence-electron chi connectivity index (χ3n) is 3.73. The molecular weight excluding hydrogens is 322 g/mol. The van der Waals surface area contributed by atoms with Gasteiger partial charge in [0.1, 0.15) is 0 Å². The van der Waals surface area contributed by atoms with Crippen molar-refractivity contribution < 1.29 is 9.59 Å². The number of aromatic nitrogens is 2. The highest BCUT2D eigenvalue weighted by molar-refractivity contribution is 7.12. The van der Waals surface area contributed by atoms with Crippen LogP contribution in [0.2, 0.25) is 0 Å². The second-order valence-corrected chi connectivity index (χ2v) is 6.47. The van der Waals surface area contributed by atoms with Gasteiger partial charge in [0.25, 0.3) is 0 Å². The molecule has 0 fully saturated rings. The van der Waals surface area contributed by atoms with E-state index in [0.29, 0.717) is 10.8 Å². The zero-order valence-corrected chi connectivity index (χ0v) is 14.3. The number of nitrogens with zero attached hydrogens (tertiary/aromatic N) is 2. The first-order valence-electron chi connectivity index (χ1n) is 8.01. The van der Waals surface area contributed by atoms with E-state index in [9.17, 15) is 9.59 Å². The van der Waals surface area contributed by atoms with E-state index >= 15 is 0 Å². The highest BCUT2D eigenvalue weighted by Gasteiger charge is 2.14. The Labute approximate surface area is 144 Å². The Morgan fingerprint density at radius 1 is 1.17 bits per heavy atom. The Bertz CT molecular complexity index is 852. The van der Waals surface area contributed by atoms with Crippen LogP contribution in [0.1, 0.15) is 35.9 Å². The lowest BCUT2D eigenvalue weighted by Crippen LogP contribution is -2.16. The van der Waals surface area contributed by atoms with Crippen LogP contribution in [0.4, 0.5) is 5.95 Å². The molecule has 0 atom stereocenters. The van der Waals surface area contributed by atoms with Crippen molar-refractivity contribution >= 4 is 40.0 Å². The summed E-state index contributed by atoms with van der Waals surface area (Å²) >= 11 is 1.40. The van der Waals surface area contributed by atoms with E-state index in [2.05, 4.69) is 17.2 Å². The number of thiophene rings is 1. The standard InChI is InChI=1S/C18H19N3O2S/c1-2-11-21-14-7-4-3-6-13(14)19-18(21)20-17(23)10-9-15(22)16-8-5-12-24-16/h3-8,12H,2,9-11H2,1H3,(H,19,20,23). The number of nitrogens with one attached hydrogen (secondary N) is 1. The fourth-order valence-electron chi connectivity index (χ4n) is 2.60. The van der Waals surface area contributed by atoms with Crippen LogP contribution in [0.25, 0.3) is 11.0 Å². The lowest BCUT2D eigenvalue weighted by atomic mass is 10.2. The largest absolute Gasteiger partial charge is 0.310 e. The molecule has 3 aromatic rings. The van der Waals surface area contributed by atoms with E-state index in [1.807, 2.05) is 40.3 Å². The molecule has 3 rings (SSSR count). The molecule has 6 heteroatoms. The zero-order valence-electron chi connectivity index (χ0n) is 13.5. The number of imidazole rings is 1. The molecule has 0 spiro atoms. The predicted molar refractivity (Wildman–Crippen MR) is 96.5 cm³/mol. The molecule has 0 aliphatic carbocycles. The Morgan fingerprint density at radius 2 is 2.00 bits per heavy atom. The molecule has 1 N–H and O–H groups in total. The summed E-state index contributed by atoms with van der Waals surface area (Å²) < 4.78 is 2.01. The monoisotopic (exact) mass is 341 g/mol. The number of hydrogen-bond donors (Lipinski definition) is 1. The number of benzene rings is 1. The van der Waals surface area contributed by atoms with Crippen LogP contribution in [0, 0.1) is 0 Å². The average Bonchev–Trinajstić information content (AvgIpc) is 3.22. The van der Waals surface area contributed by atoms with Gasteiger partial charge in [-0.1, -0.05) is 25.1 Å². The molecule has 0 aliphatic rings. The van der Waals surface area contributed by atoms with E-state index < -0.39 is 0 Å². The van der Waals surface area contributed by atoms with E-state index in [1.54, 1.807) is 6.07 Å². The van der Waals surface area contributed by atoms with Crippen molar-refractivity contribution in [3.05, 3.63) is 46.7 Å². The number of hydrogen-bond acceptors (Lipinski definition) is 4. The smallest absolute Gasteiger partial charge is 0.227 e. The molecule has 0 bridgehead atoms. The minimum atomic E-state index is -0.187. The fraction of sp³-hybridized carbons (Fsp3) is 0.278. The number of fused-ring (bicyclic) bond motifs is 1. The molecule has 0 saturated carbocycles. The normalized spacial score (nSPS) is 10.9. The van der Waals surface area contributed by atoms with Gasteiger partial charge in [0, 0.05) is 19.4 Å². The second kappa shape index (κ2) is 7.40. The van der Waals surface area contributed by atoms with E-state index in [1.165, 1.54) is 11.3 Å². The van der Waals surface area contributed by atoms with E-state index in [-0.39, 0.29) is 24.5 Å². The molecule has 0 unspecified atom stereocenters. The maximum atomic E-state index is 12.2. The average molecular weight is 341 g/mol. The number of anilines is 1. The van der Waals surface area contributed by atoms with Gasteiger partial charge in [0.2, 0.25) is 11.9 Å². The first kappa shape index (κ1) is 16.4. The van der Waals surface area contributed by atoms with Gasteiger partial charge in [0.05, 0.1) is 15.9 Å². The van der Waals surface area contributed by atoms with Gasteiger partial charge in [-0.25, -0.2) is 4.98 Å².